The van der Waals surface area contributed by atoms with Crippen LogP contribution in [0, 0.1) is 0 Å². The number of rotatable bonds is 11. The fourth-order valence-electron chi connectivity index (χ4n) is 3.01. The van der Waals surface area contributed by atoms with Crippen LogP contribution < -0.4 is 19.5 Å². The Kier molecular flexibility index (Phi) is 9.20. The van der Waals surface area contributed by atoms with Crippen LogP contribution in [-0.2, 0) is 14.8 Å². The smallest absolute Gasteiger partial charge is 0.244 e. The molecule has 12 heteroatoms. The average molecular weight is 542 g/mol. The number of sulfonamides is 1. The van der Waals surface area contributed by atoms with Crippen molar-refractivity contribution in [2.24, 2.45) is 0 Å². The first-order valence-corrected chi connectivity index (χ1v) is 14.2. The van der Waals surface area contributed by atoms with Crippen LogP contribution in [-0.4, -0.2) is 51.6 Å². The number of amides is 1. The molecule has 34 heavy (non-hydrogen) atoms. The second-order valence-electron chi connectivity index (χ2n) is 7.00. The highest BCUT2D eigenvalue weighted by atomic mass is 35.5. The summed E-state index contributed by atoms with van der Waals surface area (Å²) in [6.07, 6.45) is 2.20. The zero-order valence-corrected chi connectivity index (χ0v) is 21.9. The van der Waals surface area contributed by atoms with E-state index in [-0.39, 0.29) is 4.90 Å². The quantitative estimate of drug-likeness (QED) is 0.367. The lowest BCUT2D eigenvalue weighted by Crippen LogP contribution is -2.44. The van der Waals surface area contributed by atoms with Gasteiger partial charge in [-0.25, -0.2) is 13.4 Å². The number of ether oxygens (including phenoxy) is 2. The van der Waals surface area contributed by atoms with E-state index in [2.05, 4.69) is 15.0 Å². The number of carbonyl (C=O) groups excluding carboxylic acids is 1. The summed E-state index contributed by atoms with van der Waals surface area (Å²) >= 11 is 8.60. The molecular formula is C22H24ClN3O5S3. The highest BCUT2D eigenvalue weighted by Gasteiger charge is 2.26. The number of aromatic nitrogens is 1. The van der Waals surface area contributed by atoms with Gasteiger partial charge in [0.2, 0.25) is 15.9 Å². The monoisotopic (exact) mass is 541 g/mol. The van der Waals surface area contributed by atoms with Crippen molar-refractivity contribution in [3.63, 3.8) is 0 Å². The van der Waals surface area contributed by atoms with Crippen LogP contribution in [0.4, 0.5) is 5.13 Å². The highest BCUT2D eigenvalue weighted by molar-refractivity contribution is 7.98. The third kappa shape index (κ3) is 6.63. The number of halogens is 1. The van der Waals surface area contributed by atoms with Gasteiger partial charge in [-0.2, -0.15) is 16.5 Å². The third-order valence-corrected chi connectivity index (χ3v) is 7.91. The van der Waals surface area contributed by atoms with Gasteiger partial charge in [0.25, 0.3) is 0 Å². The molecule has 2 N–H and O–H groups in total. The van der Waals surface area contributed by atoms with Crippen LogP contribution in [0.5, 0.6) is 11.5 Å². The maximum atomic E-state index is 13.0. The van der Waals surface area contributed by atoms with Crippen molar-refractivity contribution in [1.29, 1.82) is 0 Å². The van der Waals surface area contributed by atoms with Crippen LogP contribution in [0.15, 0.2) is 52.7 Å². The normalized spacial score (nSPS) is 12.2. The molecule has 1 aromatic heterocycles. The number of anilines is 1. The summed E-state index contributed by atoms with van der Waals surface area (Å²) in [7, 11) is -0.800. The van der Waals surface area contributed by atoms with Crippen LogP contribution >= 0.6 is 34.7 Å². The second kappa shape index (κ2) is 11.9. The van der Waals surface area contributed by atoms with Crippen molar-refractivity contribution >= 4 is 55.8 Å². The minimum atomic E-state index is -3.92. The van der Waals surface area contributed by atoms with Crippen molar-refractivity contribution < 1.29 is 22.7 Å². The van der Waals surface area contributed by atoms with Gasteiger partial charge in [-0.15, -0.1) is 11.3 Å². The fourth-order valence-corrected chi connectivity index (χ4v) is 5.55. The van der Waals surface area contributed by atoms with Gasteiger partial charge in [0.15, 0.2) is 5.13 Å². The molecule has 0 saturated carbocycles. The number of benzene rings is 2. The number of hydrogen-bond acceptors (Lipinski definition) is 8. The maximum Gasteiger partial charge on any atom is 0.244 e. The first kappa shape index (κ1) is 26.3. The molecule has 182 valence electrons. The first-order valence-electron chi connectivity index (χ1n) is 10.0. The van der Waals surface area contributed by atoms with E-state index in [1.165, 1.54) is 47.4 Å². The lowest BCUT2D eigenvalue weighted by atomic mass is 10.1. The molecule has 3 aromatic rings. The average Bonchev–Trinajstić information content (AvgIpc) is 3.29. The molecule has 1 amide bonds. The second-order valence-corrected chi connectivity index (χ2v) is 11.0. The number of methoxy groups -OCH3 is 2. The van der Waals surface area contributed by atoms with Gasteiger partial charge in [-0.3, -0.25) is 4.79 Å². The van der Waals surface area contributed by atoms with Crippen molar-refractivity contribution in [3.8, 4) is 22.8 Å². The molecule has 0 aliphatic rings. The molecule has 3 rings (SSSR count). The predicted molar refractivity (Wildman–Crippen MR) is 138 cm³/mol. The van der Waals surface area contributed by atoms with Crippen LogP contribution in [0.3, 0.4) is 0 Å². The maximum absolute atomic E-state index is 13.0. The molecule has 0 saturated heterocycles. The molecule has 0 aliphatic carbocycles. The molecule has 0 radical (unpaired) electrons. The van der Waals surface area contributed by atoms with Gasteiger partial charge in [0, 0.05) is 22.0 Å². The molecule has 1 atom stereocenters. The van der Waals surface area contributed by atoms with E-state index in [0.717, 1.165) is 5.56 Å². The molecule has 0 bridgehead atoms. The van der Waals surface area contributed by atoms with E-state index in [0.29, 0.717) is 39.5 Å². The van der Waals surface area contributed by atoms with Crippen LogP contribution in [0.25, 0.3) is 11.3 Å². The summed E-state index contributed by atoms with van der Waals surface area (Å²) in [5.41, 5.74) is 1.35. The number of carbonyl (C=O) groups is 1. The predicted octanol–water partition coefficient (Wildman–Crippen LogP) is 4.52. The Bertz CT molecular complexity index is 1230. The summed E-state index contributed by atoms with van der Waals surface area (Å²) in [4.78, 5) is 17.5. The molecule has 8 nitrogen and oxygen atoms in total. The summed E-state index contributed by atoms with van der Waals surface area (Å²) in [6.45, 7) is 0. The fraction of sp³-hybridized carbons (Fsp3) is 0.273. The van der Waals surface area contributed by atoms with Crippen molar-refractivity contribution in [3.05, 3.63) is 52.9 Å². The molecule has 1 heterocycles. The molecular weight excluding hydrogens is 518 g/mol. The van der Waals surface area contributed by atoms with Gasteiger partial charge in [-0.05, 0) is 54.8 Å². The van der Waals surface area contributed by atoms with E-state index in [1.807, 2.05) is 12.3 Å². The van der Waals surface area contributed by atoms with Gasteiger partial charge in [-0.1, -0.05) is 11.6 Å². The van der Waals surface area contributed by atoms with E-state index >= 15 is 0 Å². The number of nitrogens with one attached hydrogen (secondary N) is 2. The summed E-state index contributed by atoms with van der Waals surface area (Å²) < 4.78 is 38.8. The highest BCUT2D eigenvalue weighted by Crippen LogP contribution is 2.34. The topological polar surface area (TPSA) is 107 Å². The van der Waals surface area contributed by atoms with Crippen molar-refractivity contribution in [2.45, 2.75) is 17.4 Å². The molecule has 0 aliphatic heterocycles. The minimum Gasteiger partial charge on any atom is -0.497 e. The number of nitrogens with zero attached hydrogens (tertiary/aromatic N) is 1. The van der Waals surface area contributed by atoms with Gasteiger partial charge in [0.05, 0.1) is 24.8 Å². The molecule has 2 aromatic carbocycles. The van der Waals surface area contributed by atoms with E-state index in [4.69, 9.17) is 21.1 Å². The molecule has 1 unspecified atom stereocenters. The lowest BCUT2D eigenvalue weighted by Gasteiger charge is -2.17. The summed E-state index contributed by atoms with van der Waals surface area (Å²) in [5, 5.41) is 5.28. The van der Waals surface area contributed by atoms with E-state index in [1.54, 1.807) is 31.7 Å². The van der Waals surface area contributed by atoms with E-state index < -0.39 is 22.0 Å². The first-order chi connectivity index (χ1) is 16.3. The van der Waals surface area contributed by atoms with Gasteiger partial charge >= 0.3 is 0 Å². The number of hydrogen-bond donors (Lipinski definition) is 2. The van der Waals surface area contributed by atoms with Crippen LogP contribution in [0.1, 0.15) is 6.42 Å². The zero-order chi connectivity index (χ0) is 24.7. The van der Waals surface area contributed by atoms with Crippen molar-refractivity contribution in [1.82, 2.24) is 9.71 Å². The number of thiazole rings is 1. The summed E-state index contributed by atoms with van der Waals surface area (Å²) in [6, 6.07) is 10.1. The van der Waals surface area contributed by atoms with Crippen molar-refractivity contribution in [2.75, 3.05) is 31.5 Å². The molecule has 0 fully saturated rings. The SMILES string of the molecule is COc1ccc(-c2csc(NC(=O)C(CCSC)NS(=O)(=O)c3ccc(Cl)cc3)n2)c(OC)c1. The number of thioether (sulfide) groups is 1. The van der Waals surface area contributed by atoms with E-state index in [9.17, 15) is 13.2 Å². The third-order valence-electron chi connectivity index (χ3n) is 4.77. The molecule has 0 spiro atoms. The largest absolute Gasteiger partial charge is 0.497 e. The van der Waals surface area contributed by atoms with Crippen LogP contribution in [0.2, 0.25) is 5.02 Å². The Morgan fingerprint density at radius 2 is 1.91 bits per heavy atom. The Morgan fingerprint density at radius 1 is 1.18 bits per heavy atom. The Hall–Kier alpha value is -2.31. The van der Waals surface area contributed by atoms with Gasteiger partial charge < -0.3 is 14.8 Å². The Labute approximate surface area is 212 Å². The lowest BCUT2D eigenvalue weighted by molar-refractivity contribution is -0.117. The van der Waals surface area contributed by atoms with Gasteiger partial charge in [0.1, 0.15) is 17.5 Å². The Morgan fingerprint density at radius 3 is 2.56 bits per heavy atom. The Balaban J connectivity index is 1.78. The summed E-state index contributed by atoms with van der Waals surface area (Å²) in [5.74, 6) is 1.33. The zero-order valence-electron chi connectivity index (χ0n) is 18.7. The standard InChI is InChI=1S/C22H24ClN3O5S3/c1-30-15-6-9-17(20(12-15)31-2)19-13-33-22(24-19)25-21(27)18(10-11-32-3)26-34(28,29)16-7-4-14(23)5-8-16/h4-9,12-13,18,26H,10-11H2,1-3H3,(H,24,25,27). The minimum absolute atomic E-state index is 0.0296.